The van der Waals surface area contributed by atoms with E-state index in [-0.39, 0.29) is 0 Å². The fraction of sp³-hybridized carbons (Fsp3) is 0.167. The van der Waals surface area contributed by atoms with Crippen LogP contribution in [0.1, 0.15) is 10.4 Å². The Morgan fingerprint density at radius 3 is 2.67 bits per heavy atom. The van der Waals surface area contributed by atoms with Crippen LogP contribution in [0.4, 0.5) is 5.82 Å². The minimum Gasteiger partial charge on any atom is -0.382 e. The molecular formula is C6H6N2S. The van der Waals surface area contributed by atoms with E-state index in [0.717, 1.165) is 10.4 Å². The van der Waals surface area contributed by atoms with Crippen LogP contribution in [0.3, 0.4) is 0 Å². The Hall–Kier alpha value is -1.01. The van der Waals surface area contributed by atoms with Crippen molar-refractivity contribution in [2.75, 3.05) is 5.73 Å². The van der Waals surface area contributed by atoms with Crippen LogP contribution in [0.2, 0.25) is 0 Å². The Labute approximate surface area is 57.9 Å². The first-order valence-electron chi connectivity index (χ1n) is 2.44. The number of hydrogen-bond acceptors (Lipinski definition) is 3. The second-order valence-electron chi connectivity index (χ2n) is 1.64. The van der Waals surface area contributed by atoms with Crippen LogP contribution < -0.4 is 5.73 Å². The summed E-state index contributed by atoms with van der Waals surface area (Å²) in [5, 5.41) is 0. The molecule has 1 aromatic rings. The Bertz CT molecular complexity index is 237. The van der Waals surface area contributed by atoms with Crippen molar-refractivity contribution in [2.24, 2.45) is 0 Å². The fourth-order valence-corrected chi connectivity index (χ4v) is 1.15. The number of aryl methyl sites for hydroxylation is 1. The maximum atomic E-state index is 5.41. The van der Waals surface area contributed by atoms with E-state index in [4.69, 9.17) is 12.2 Å². The van der Waals surface area contributed by atoms with Crippen LogP contribution in [0.25, 0.3) is 0 Å². The van der Waals surface area contributed by atoms with E-state index >= 15 is 0 Å². The van der Waals surface area contributed by atoms with Crippen molar-refractivity contribution < 1.29 is 0 Å². The van der Waals surface area contributed by atoms with Gasteiger partial charge < -0.3 is 5.73 Å². The van der Waals surface area contributed by atoms with Crippen LogP contribution in [0, 0.1) is 19.3 Å². The Morgan fingerprint density at radius 2 is 2.44 bits per heavy atom. The van der Waals surface area contributed by atoms with Crippen molar-refractivity contribution in [3.63, 3.8) is 0 Å². The van der Waals surface area contributed by atoms with Gasteiger partial charge in [0.05, 0.1) is 5.56 Å². The van der Waals surface area contributed by atoms with Crippen LogP contribution in [-0.2, 0) is 0 Å². The third-order valence-corrected chi connectivity index (χ3v) is 1.80. The molecule has 0 radical (unpaired) electrons. The van der Waals surface area contributed by atoms with Gasteiger partial charge in [-0.2, -0.15) is 4.37 Å². The maximum Gasteiger partial charge on any atom is 0.153 e. The summed E-state index contributed by atoms with van der Waals surface area (Å²) in [5.41, 5.74) is 6.14. The van der Waals surface area contributed by atoms with Gasteiger partial charge in [0.2, 0.25) is 0 Å². The number of terminal acetylenes is 1. The van der Waals surface area contributed by atoms with E-state index in [9.17, 15) is 0 Å². The first-order valence-corrected chi connectivity index (χ1v) is 3.21. The topological polar surface area (TPSA) is 38.9 Å². The van der Waals surface area contributed by atoms with Crippen molar-refractivity contribution in [1.82, 2.24) is 4.37 Å². The van der Waals surface area contributed by atoms with Crippen LogP contribution >= 0.6 is 11.5 Å². The quantitative estimate of drug-likeness (QED) is 0.543. The molecule has 0 aromatic carbocycles. The molecule has 2 nitrogen and oxygen atoms in total. The molecule has 0 fully saturated rings. The van der Waals surface area contributed by atoms with Gasteiger partial charge in [-0.15, -0.1) is 6.42 Å². The lowest BCUT2D eigenvalue weighted by atomic mass is 10.3. The van der Waals surface area contributed by atoms with Gasteiger partial charge in [-0.05, 0) is 18.5 Å². The van der Waals surface area contributed by atoms with Gasteiger partial charge in [0.25, 0.3) is 0 Å². The number of aromatic nitrogens is 1. The van der Waals surface area contributed by atoms with E-state index in [0.29, 0.717) is 5.82 Å². The van der Waals surface area contributed by atoms with Gasteiger partial charge >= 0.3 is 0 Å². The smallest absolute Gasteiger partial charge is 0.153 e. The second kappa shape index (κ2) is 2.08. The van der Waals surface area contributed by atoms with Crippen LogP contribution in [0.5, 0.6) is 0 Å². The average molecular weight is 138 g/mol. The number of hydrogen-bond donors (Lipinski definition) is 1. The van der Waals surface area contributed by atoms with Gasteiger partial charge in [-0.1, -0.05) is 5.92 Å². The molecule has 9 heavy (non-hydrogen) atoms. The van der Waals surface area contributed by atoms with E-state index in [2.05, 4.69) is 10.3 Å². The van der Waals surface area contributed by atoms with Crippen molar-refractivity contribution in [3.05, 3.63) is 10.4 Å². The highest BCUT2D eigenvalue weighted by Crippen LogP contribution is 2.17. The number of rotatable bonds is 0. The second-order valence-corrected chi connectivity index (χ2v) is 2.62. The molecule has 0 aliphatic heterocycles. The van der Waals surface area contributed by atoms with Crippen molar-refractivity contribution in [3.8, 4) is 12.3 Å². The maximum absolute atomic E-state index is 5.41. The molecule has 0 unspecified atom stereocenters. The first-order chi connectivity index (χ1) is 4.25. The van der Waals surface area contributed by atoms with E-state index in [1.165, 1.54) is 11.5 Å². The van der Waals surface area contributed by atoms with Crippen LogP contribution in [0.15, 0.2) is 0 Å². The predicted octanol–water partition coefficient (Wildman–Crippen LogP) is 1.02. The standard InChI is InChI=1S/C6H6N2S/c1-3-5-4(2)9-8-6(5)7/h1H,2H3,(H2,7,8). The molecule has 0 saturated carbocycles. The Kier molecular flexibility index (Phi) is 1.41. The SMILES string of the molecule is C#Cc1c(N)nsc1C. The molecule has 3 heteroatoms. The first kappa shape index (κ1) is 6.12. The molecule has 0 aliphatic carbocycles. The van der Waals surface area contributed by atoms with Gasteiger partial charge in [-0.25, -0.2) is 0 Å². The summed E-state index contributed by atoms with van der Waals surface area (Å²) in [6.45, 7) is 1.91. The Morgan fingerprint density at radius 1 is 1.78 bits per heavy atom. The molecule has 0 saturated heterocycles. The molecule has 0 bridgehead atoms. The third kappa shape index (κ3) is 0.889. The zero-order chi connectivity index (χ0) is 6.85. The molecule has 0 amide bonds. The zero-order valence-corrected chi connectivity index (χ0v) is 5.83. The van der Waals surface area contributed by atoms with Crippen LogP contribution in [-0.4, -0.2) is 4.37 Å². The van der Waals surface area contributed by atoms with Crippen molar-refractivity contribution >= 4 is 17.4 Å². The van der Waals surface area contributed by atoms with Gasteiger partial charge in [0.15, 0.2) is 5.82 Å². The number of anilines is 1. The number of nitrogens with two attached hydrogens (primary N) is 1. The highest BCUT2D eigenvalue weighted by Gasteiger charge is 2.02. The molecule has 0 atom stereocenters. The average Bonchev–Trinajstić information content (AvgIpc) is 2.12. The van der Waals surface area contributed by atoms with E-state index in [1.807, 2.05) is 6.92 Å². The number of nitrogens with zero attached hydrogens (tertiary/aromatic N) is 1. The number of nitrogen functional groups attached to an aromatic ring is 1. The fourth-order valence-electron chi connectivity index (χ4n) is 0.565. The molecule has 1 heterocycles. The molecule has 1 rings (SSSR count). The minimum atomic E-state index is 0.472. The highest BCUT2D eigenvalue weighted by molar-refractivity contribution is 7.06. The summed E-state index contributed by atoms with van der Waals surface area (Å²) < 4.78 is 3.86. The van der Waals surface area contributed by atoms with E-state index in [1.54, 1.807) is 0 Å². The predicted molar refractivity (Wildman–Crippen MR) is 39.2 cm³/mol. The van der Waals surface area contributed by atoms with Gasteiger partial charge in [-0.3, -0.25) is 0 Å². The lowest BCUT2D eigenvalue weighted by molar-refractivity contribution is 1.52. The lowest BCUT2D eigenvalue weighted by Crippen LogP contribution is -1.86. The summed E-state index contributed by atoms with van der Waals surface area (Å²) >= 11 is 1.34. The summed E-state index contributed by atoms with van der Waals surface area (Å²) in [6.07, 6.45) is 5.13. The molecule has 0 spiro atoms. The Balaban J connectivity index is 3.27. The third-order valence-electron chi connectivity index (χ3n) is 1.03. The summed E-state index contributed by atoms with van der Waals surface area (Å²) in [5.74, 6) is 2.94. The zero-order valence-electron chi connectivity index (χ0n) is 5.01. The van der Waals surface area contributed by atoms with Crippen molar-refractivity contribution in [1.29, 1.82) is 0 Å². The molecular weight excluding hydrogens is 132 g/mol. The molecule has 1 aromatic heterocycles. The highest BCUT2D eigenvalue weighted by atomic mass is 32.1. The normalized spacial score (nSPS) is 8.89. The molecule has 0 aliphatic rings. The van der Waals surface area contributed by atoms with E-state index < -0.39 is 0 Å². The monoisotopic (exact) mass is 138 g/mol. The lowest BCUT2D eigenvalue weighted by Gasteiger charge is -1.83. The van der Waals surface area contributed by atoms with Gasteiger partial charge in [0, 0.05) is 4.88 Å². The molecule has 2 N–H and O–H groups in total. The summed E-state index contributed by atoms with van der Waals surface area (Å²) in [7, 11) is 0. The summed E-state index contributed by atoms with van der Waals surface area (Å²) in [6, 6.07) is 0. The molecule has 46 valence electrons. The van der Waals surface area contributed by atoms with Gasteiger partial charge in [0.1, 0.15) is 0 Å². The largest absolute Gasteiger partial charge is 0.382 e. The summed E-state index contributed by atoms with van der Waals surface area (Å²) in [4.78, 5) is 1.01. The minimum absolute atomic E-state index is 0.472. The van der Waals surface area contributed by atoms with Crippen molar-refractivity contribution in [2.45, 2.75) is 6.92 Å².